The first-order chi connectivity index (χ1) is 13.7. The van der Waals surface area contributed by atoms with E-state index in [9.17, 15) is 4.79 Å². The van der Waals surface area contributed by atoms with Crippen molar-refractivity contribution < 1.29 is 4.79 Å². The minimum atomic E-state index is -0.0609. The first-order valence-electron chi connectivity index (χ1n) is 10.3. The molecule has 146 valence electrons. The lowest BCUT2D eigenvalue weighted by Gasteiger charge is -2.28. The van der Waals surface area contributed by atoms with Gasteiger partial charge < -0.3 is 10.2 Å². The lowest BCUT2D eigenvalue weighted by Crippen LogP contribution is -2.31. The topological polar surface area (TPSA) is 47.9 Å². The number of aliphatic imine (C=N–C) groups is 1. The van der Waals surface area contributed by atoms with Gasteiger partial charge in [-0.05, 0) is 37.6 Å². The number of nitrogens with zero attached hydrogens (tertiary/aromatic N) is 3. The van der Waals surface area contributed by atoms with Crippen LogP contribution in [0.25, 0.3) is 0 Å². The highest BCUT2D eigenvalue weighted by atomic mass is 16.1. The summed E-state index contributed by atoms with van der Waals surface area (Å²) in [5, 5.41) is 3.01. The molecule has 1 aromatic carbocycles. The number of nitrogens with one attached hydrogen (secondary N) is 1. The van der Waals surface area contributed by atoms with Crippen LogP contribution in [0.5, 0.6) is 0 Å². The lowest BCUT2D eigenvalue weighted by molar-refractivity contribution is -0.115. The van der Waals surface area contributed by atoms with Crippen LogP contribution in [0.1, 0.15) is 44.2 Å². The smallest absolute Gasteiger partial charge is 0.248 e. The largest absolute Gasteiger partial charge is 0.324 e. The van der Waals surface area contributed by atoms with E-state index in [1.807, 2.05) is 12.3 Å². The molecule has 5 heteroatoms. The first-order valence-corrected chi connectivity index (χ1v) is 10.3. The van der Waals surface area contributed by atoms with E-state index in [4.69, 9.17) is 4.99 Å². The van der Waals surface area contributed by atoms with Crippen molar-refractivity contribution in [3.63, 3.8) is 0 Å². The van der Waals surface area contributed by atoms with E-state index < -0.39 is 0 Å². The summed E-state index contributed by atoms with van der Waals surface area (Å²) in [5.74, 6) is 0.901. The molecule has 3 aliphatic rings. The van der Waals surface area contributed by atoms with E-state index >= 15 is 0 Å². The van der Waals surface area contributed by atoms with E-state index in [2.05, 4.69) is 53.2 Å². The summed E-state index contributed by atoms with van der Waals surface area (Å²) in [7, 11) is 0. The van der Waals surface area contributed by atoms with Gasteiger partial charge in [-0.25, -0.2) is 4.99 Å². The molecule has 1 N–H and O–H groups in total. The number of amidine groups is 1. The highest BCUT2D eigenvalue weighted by Crippen LogP contribution is 2.34. The Kier molecular flexibility index (Phi) is 5.44. The Morgan fingerprint density at radius 2 is 1.86 bits per heavy atom. The van der Waals surface area contributed by atoms with Crippen LogP contribution >= 0.6 is 0 Å². The van der Waals surface area contributed by atoms with Gasteiger partial charge in [0.1, 0.15) is 5.84 Å². The number of hydrogen-bond acceptors (Lipinski definition) is 4. The number of allylic oxidation sites excluding steroid dienone is 1. The molecule has 0 atom stereocenters. The van der Waals surface area contributed by atoms with Gasteiger partial charge in [-0.1, -0.05) is 38.1 Å². The Bertz CT molecular complexity index is 870. The maximum absolute atomic E-state index is 11.9. The summed E-state index contributed by atoms with van der Waals surface area (Å²) < 4.78 is 0. The van der Waals surface area contributed by atoms with E-state index in [1.54, 1.807) is 6.08 Å². The highest BCUT2D eigenvalue weighted by Gasteiger charge is 2.32. The second-order valence-corrected chi connectivity index (χ2v) is 7.56. The van der Waals surface area contributed by atoms with Crippen molar-refractivity contribution in [1.29, 1.82) is 0 Å². The van der Waals surface area contributed by atoms with Gasteiger partial charge in [0.2, 0.25) is 5.91 Å². The van der Waals surface area contributed by atoms with Crippen molar-refractivity contribution >= 4 is 11.7 Å². The van der Waals surface area contributed by atoms with Gasteiger partial charge in [-0.15, -0.1) is 0 Å². The Morgan fingerprint density at radius 1 is 1.11 bits per heavy atom. The normalized spacial score (nSPS) is 18.1. The van der Waals surface area contributed by atoms with Gasteiger partial charge in [-0.3, -0.25) is 9.69 Å². The SMILES string of the molecule is CCCN(CCC)Cc1ccc(C2=NC=C3C=CC(=O)NC4=C3N2CC4)cc1. The standard InChI is InChI=1S/C23H28N4O/c1-3-12-26(13-4-2)16-17-5-7-18(8-6-17)23-24-15-19-9-10-21(28)25-20-11-14-27(23)22(19)20/h5-10,15H,3-4,11-14,16H2,1-2H3,(H,25,28). The monoisotopic (exact) mass is 376 g/mol. The Morgan fingerprint density at radius 3 is 2.57 bits per heavy atom. The van der Waals surface area contributed by atoms with Crippen LogP contribution in [0.3, 0.4) is 0 Å². The molecule has 0 fully saturated rings. The number of hydrogen-bond donors (Lipinski definition) is 1. The average molecular weight is 377 g/mol. The van der Waals surface area contributed by atoms with Crippen LogP contribution in [0.4, 0.5) is 0 Å². The molecule has 28 heavy (non-hydrogen) atoms. The van der Waals surface area contributed by atoms with Gasteiger partial charge >= 0.3 is 0 Å². The molecule has 0 bridgehead atoms. The zero-order valence-electron chi connectivity index (χ0n) is 16.7. The molecule has 1 aromatic rings. The number of carbonyl (C=O) groups excluding carboxylic acids is 1. The van der Waals surface area contributed by atoms with Crippen LogP contribution < -0.4 is 5.32 Å². The van der Waals surface area contributed by atoms with Crippen molar-refractivity contribution in [3.8, 4) is 0 Å². The van der Waals surface area contributed by atoms with Gasteiger partial charge in [0.15, 0.2) is 0 Å². The molecule has 3 aliphatic heterocycles. The molecule has 0 saturated heterocycles. The minimum absolute atomic E-state index is 0.0609. The number of carbonyl (C=O) groups is 1. The number of rotatable bonds is 7. The third kappa shape index (κ3) is 3.67. The second-order valence-electron chi connectivity index (χ2n) is 7.56. The van der Waals surface area contributed by atoms with Crippen LogP contribution in [0, 0.1) is 0 Å². The fraction of sp³-hybridized carbons (Fsp3) is 0.391. The van der Waals surface area contributed by atoms with Crippen LogP contribution in [0.2, 0.25) is 0 Å². The predicted molar refractivity (Wildman–Crippen MR) is 113 cm³/mol. The van der Waals surface area contributed by atoms with E-state index in [-0.39, 0.29) is 5.91 Å². The van der Waals surface area contributed by atoms with Gasteiger partial charge in [-0.2, -0.15) is 0 Å². The highest BCUT2D eigenvalue weighted by molar-refractivity contribution is 6.02. The van der Waals surface area contributed by atoms with Crippen LogP contribution in [0.15, 0.2) is 64.6 Å². The summed E-state index contributed by atoms with van der Waals surface area (Å²) >= 11 is 0. The molecule has 0 aromatic heterocycles. The van der Waals surface area contributed by atoms with E-state index in [1.165, 1.54) is 18.4 Å². The summed E-state index contributed by atoms with van der Waals surface area (Å²) in [4.78, 5) is 21.3. The minimum Gasteiger partial charge on any atom is -0.324 e. The summed E-state index contributed by atoms with van der Waals surface area (Å²) in [6.45, 7) is 8.59. The first kappa shape index (κ1) is 18.7. The number of benzene rings is 1. The van der Waals surface area contributed by atoms with Gasteiger partial charge in [0.25, 0.3) is 0 Å². The predicted octanol–water partition coefficient (Wildman–Crippen LogP) is 3.56. The van der Waals surface area contributed by atoms with Crippen molar-refractivity contribution in [1.82, 2.24) is 15.1 Å². The van der Waals surface area contributed by atoms with Gasteiger partial charge in [0.05, 0.1) is 5.70 Å². The lowest BCUT2D eigenvalue weighted by atomic mass is 10.1. The summed E-state index contributed by atoms with van der Waals surface area (Å²) in [5.41, 5.74) is 5.54. The maximum Gasteiger partial charge on any atom is 0.248 e. The molecule has 0 saturated carbocycles. The molecule has 0 spiro atoms. The quantitative estimate of drug-likeness (QED) is 0.792. The molecular weight excluding hydrogens is 348 g/mol. The van der Waals surface area contributed by atoms with E-state index in [0.29, 0.717) is 0 Å². The molecule has 0 unspecified atom stereocenters. The zero-order valence-corrected chi connectivity index (χ0v) is 16.7. The molecule has 1 amide bonds. The Labute approximate surface area is 167 Å². The van der Waals surface area contributed by atoms with Crippen LogP contribution in [-0.4, -0.2) is 41.2 Å². The Hall–Kier alpha value is -2.66. The number of amides is 1. The molecule has 5 nitrogen and oxygen atoms in total. The third-order valence-electron chi connectivity index (χ3n) is 5.38. The van der Waals surface area contributed by atoms with Crippen molar-refractivity contribution in [2.24, 2.45) is 4.99 Å². The zero-order chi connectivity index (χ0) is 19.5. The average Bonchev–Trinajstić information content (AvgIpc) is 3.03. The molecular formula is C23H28N4O. The van der Waals surface area contributed by atoms with Gasteiger partial charge in [0, 0.05) is 48.6 Å². The molecule has 4 rings (SSSR count). The Balaban J connectivity index is 1.56. The second kappa shape index (κ2) is 8.15. The molecule has 0 aliphatic carbocycles. The molecule has 3 heterocycles. The maximum atomic E-state index is 11.9. The summed E-state index contributed by atoms with van der Waals surface area (Å²) in [6, 6.07) is 8.78. The van der Waals surface area contributed by atoms with Crippen molar-refractivity contribution in [2.45, 2.75) is 39.7 Å². The summed E-state index contributed by atoms with van der Waals surface area (Å²) in [6.07, 6.45) is 8.51. The van der Waals surface area contributed by atoms with E-state index in [0.717, 1.165) is 61.0 Å². The molecule has 0 radical (unpaired) electrons. The van der Waals surface area contributed by atoms with Crippen molar-refractivity contribution in [2.75, 3.05) is 19.6 Å². The third-order valence-corrected chi connectivity index (χ3v) is 5.38. The fourth-order valence-electron chi connectivity index (χ4n) is 4.17. The fourth-order valence-corrected chi connectivity index (χ4v) is 4.17. The van der Waals surface area contributed by atoms with Crippen molar-refractivity contribution in [3.05, 3.63) is 70.7 Å². The van der Waals surface area contributed by atoms with Crippen LogP contribution in [-0.2, 0) is 11.3 Å².